The molecule has 0 aliphatic carbocycles. The highest BCUT2D eigenvalue weighted by Gasteiger charge is 2.50. The van der Waals surface area contributed by atoms with Crippen molar-refractivity contribution in [2.75, 3.05) is 13.6 Å². The summed E-state index contributed by atoms with van der Waals surface area (Å²) in [4.78, 5) is 17.7. The van der Waals surface area contributed by atoms with Crippen molar-refractivity contribution in [3.63, 3.8) is 0 Å². The van der Waals surface area contributed by atoms with E-state index in [0.717, 1.165) is 37.8 Å². The molecule has 2 rings (SSSR count). The molecule has 18 heteroatoms. The van der Waals surface area contributed by atoms with Gasteiger partial charge in [0.15, 0.2) is 11.7 Å². The second-order valence-corrected chi connectivity index (χ2v) is 22.4. The van der Waals surface area contributed by atoms with Crippen LogP contribution >= 0.6 is 0 Å². The molecule has 21 atom stereocenters. The van der Waals surface area contributed by atoms with Crippen LogP contribution in [0.5, 0.6) is 0 Å². The van der Waals surface area contributed by atoms with E-state index in [2.05, 4.69) is 23.3 Å². The average Bonchev–Trinajstić information content (AvgIpc) is 3.32. The van der Waals surface area contributed by atoms with Crippen LogP contribution in [-0.4, -0.2) is 172 Å². The van der Waals surface area contributed by atoms with Crippen molar-refractivity contribution < 1.29 is 75.5 Å². The van der Waals surface area contributed by atoms with Crippen LogP contribution in [0.3, 0.4) is 0 Å². The number of ether oxygens (including phenoxy) is 2. The van der Waals surface area contributed by atoms with Crippen LogP contribution in [0.15, 0.2) is 40.4 Å². The lowest BCUT2D eigenvalue weighted by molar-refractivity contribution is -0.333. The number of nitrogens with zero attached hydrogens (tertiary/aromatic N) is 1. The fourth-order valence-electron chi connectivity index (χ4n) is 10.1. The van der Waals surface area contributed by atoms with E-state index in [1.807, 2.05) is 19.9 Å². The number of cyclic esters (lactones) is 1. The van der Waals surface area contributed by atoms with Crippen molar-refractivity contribution in [1.29, 1.82) is 0 Å². The van der Waals surface area contributed by atoms with Crippen LogP contribution in [0.2, 0.25) is 0 Å². The number of aliphatic hydroxyl groups is 12. The molecule has 1 saturated heterocycles. The number of esters is 1. The lowest BCUT2D eigenvalue weighted by atomic mass is 9.83. The molecular weight excluding hydrogens is 943 g/mol. The number of hydrogen-bond donors (Lipinski definition) is 14. The Bertz CT molecular complexity index is 1700. The molecule has 2 aliphatic rings. The van der Waals surface area contributed by atoms with Crippen molar-refractivity contribution in [3.8, 4) is 0 Å². The molecule has 0 aromatic heterocycles. The number of nitrogens with two attached hydrogens (primary N) is 1. The maximum Gasteiger partial charge on any atom is 0.311 e. The summed E-state index contributed by atoms with van der Waals surface area (Å²) in [5.74, 6) is -6.28. The van der Waals surface area contributed by atoms with E-state index < -0.39 is 127 Å². The standard InChI is InChI=1S/C55H101N3O15/c1-31(16-13-11-12-14-23-58-54(56)57-10)24-36(6)51-35(5)18-15-17-34(4)50(68)38(8)46(64)27-41(60)25-40(59)26-42-28-48(66)52(69)55(71,73-42)30-49(67)33(3)20-21-43(61)37(7)47(65)29-45(63)32(2)19-22-44(62)39(9)53(70)72-51/h16-17,19,22,32-33,35-52,59-69,71H,11-15,18,20-21,23-30H2,1-10H3,(H3,56,57,58). The van der Waals surface area contributed by atoms with Gasteiger partial charge in [-0.15, -0.1) is 0 Å². The zero-order chi connectivity index (χ0) is 55.3. The lowest BCUT2D eigenvalue weighted by Crippen LogP contribution is -2.59. The molecule has 18 nitrogen and oxygen atoms in total. The maximum atomic E-state index is 13.8. The second kappa shape index (κ2) is 32.9. The number of carbonyl (C=O) groups is 1. The molecular formula is C55H101N3O15. The Morgan fingerprint density at radius 3 is 2.08 bits per heavy atom. The third kappa shape index (κ3) is 22.9. The summed E-state index contributed by atoms with van der Waals surface area (Å²) in [7, 11) is 1.64. The minimum absolute atomic E-state index is 0.0985. The molecule has 0 spiro atoms. The van der Waals surface area contributed by atoms with Gasteiger partial charge in [0.2, 0.25) is 0 Å². The second-order valence-electron chi connectivity index (χ2n) is 22.4. The van der Waals surface area contributed by atoms with Gasteiger partial charge in [-0.1, -0.05) is 77.8 Å². The Hall–Kier alpha value is -2.56. The molecule has 2 bridgehead atoms. The van der Waals surface area contributed by atoms with Crippen LogP contribution < -0.4 is 11.1 Å². The van der Waals surface area contributed by atoms with E-state index in [9.17, 15) is 66.1 Å². The van der Waals surface area contributed by atoms with Gasteiger partial charge < -0.3 is 81.8 Å². The Morgan fingerprint density at radius 2 is 1.42 bits per heavy atom. The van der Waals surface area contributed by atoms with Crippen LogP contribution in [-0.2, 0) is 14.3 Å². The van der Waals surface area contributed by atoms with Crippen LogP contribution in [0.25, 0.3) is 0 Å². The van der Waals surface area contributed by atoms with Crippen molar-refractivity contribution in [1.82, 2.24) is 5.32 Å². The summed E-state index contributed by atoms with van der Waals surface area (Å²) in [5.41, 5.74) is 7.49. The van der Waals surface area contributed by atoms with Gasteiger partial charge in [-0.3, -0.25) is 9.79 Å². The summed E-state index contributed by atoms with van der Waals surface area (Å²) in [6.45, 7) is 16.9. The fraction of sp³-hybridized carbons (Fsp3) is 0.855. The summed E-state index contributed by atoms with van der Waals surface area (Å²) in [6.07, 6.45) is -3.34. The van der Waals surface area contributed by atoms with Gasteiger partial charge in [-0.25, -0.2) is 0 Å². The molecule has 0 radical (unpaired) electrons. The average molecular weight is 1040 g/mol. The van der Waals surface area contributed by atoms with E-state index in [0.29, 0.717) is 30.8 Å². The normalized spacial score (nSPS) is 40.4. The monoisotopic (exact) mass is 1040 g/mol. The third-order valence-electron chi connectivity index (χ3n) is 15.8. The predicted octanol–water partition coefficient (Wildman–Crippen LogP) is 3.26. The molecule has 426 valence electrons. The first-order valence-corrected chi connectivity index (χ1v) is 27.2. The van der Waals surface area contributed by atoms with Gasteiger partial charge in [-0.05, 0) is 115 Å². The topological polar surface area (TPSA) is 329 Å². The zero-order valence-corrected chi connectivity index (χ0v) is 45.8. The quantitative estimate of drug-likeness (QED) is 0.0518. The van der Waals surface area contributed by atoms with Gasteiger partial charge in [-0.2, -0.15) is 0 Å². The van der Waals surface area contributed by atoms with Crippen LogP contribution in [0.1, 0.15) is 159 Å². The number of aliphatic imine (C=N–C) groups is 1. The number of hydrogen-bond acceptors (Lipinski definition) is 16. The SMILES string of the molecule is CN=C(N)NCCCCCC=C(C)CC(C)C1OC(=O)C(C)C(O)C=CC(C)C(O)CC(O)C(C)C(O)CCC(C)C(O)CC2(O)OC(CC(O)CC(O)CC(O)C(C)C(O)C(C)=CCCC1C)CC(O)C2O. The summed E-state index contributed by atoms with van der Waals surface area (Å²) >= 11 is 0. The minimum Gasteiger partial charge on any atom is -0.462 e. The Balaban J connectivity index is 2.36. The highest BCUT2D eigenvalue weighted by Crippen LogP contribution is 2.36. The molecule has 0 aromatic rings. The molecule has 0 saturated carbocycles. The lowest BCUT2D eigenvalue weighted by Gasteiger charge is -2.45. The fourth-order valence-corrected chi connectivity index (χ4v) is 10.1. The van der Waals surface area contributed by atoms with Crippen molar-refractivity contribution in [2.45, 2.75) is 244 Å². The highest BCUT2D eigenvalue weighted by molar-refractivity contribution is 5.77. The number of fused-ring (bicyclic) bond motifs is 2. The van der Waals surface area contributed by atoms with Gasteiger partial charge in [0, 0.05) is 50.6 Å². The first-order valence-electron chi connectivity index (χ1n) is 27.2. The van der Waals surface area contributed by atoms with Gasteiger partial charge in [0.1, 0.15) is 12.2 Å². The predicted molar refractivity (Wildman–Crippen MR) is 281 cm³/mol. The Labute approximate surface area is 436 Å². The molecule has 0 amide bonds. The largest absolute Gasteiger partial charge is 0.462 e. The number of aliphatic hydroxyl groups excluding tert-OH is 11. The number of unbranched alkanes of at least 4 members (excludes halogenated alkanes) is 3. The molecule has 0 aromatic carbocycles. The first kappa shape index (κ1) is 66.6. The Morgan fingerprint density at radius 1 is 0.781 bits per heavy atom. The smallest absolute Gasteiger partial charge is 0.311 e. The summed E-state index contributed by atoms with van der Waals surface area (Å²) in [5, 5.41) is 136. The van der Waals surface area contributed by atoms with E-state index in [1.165, 1.54) is 6.08 Å². The van der Waals surface area contributed by atoms with Gasteiger partial charge in [0.05, 0.1) is 73.1 Å². The van der Waals surface area contributed by atoms with Crippen LogP contribution in [0.4, 0.5) is 0 Å². The molecule has 21 unspecified atom stereocenters. The molecule has 73 heavy (non-hydrogen) atoms. The number of nitrogens with one attached hydrogen (secondary N) is 1. The first-order chi connectivity index (χ1) is 34.1. The molecule has 15 N–H and O–H groups in total. The molecule has 1 fully saturated rings. The van der Waals surface area contributed by atoms with Gasteiger partial charge >= 0.3 is 5.97 Å². The zero-order valence-electron chi connectivity index (χ0n) is 45.8. The molecule has 2 heterocycles. The molecule has 2 aliphatic heterocycles. The number of guanidine groups is 1. The minimum atomic E-state index is -2.40. The van der Waals surface area contributed by atoms with Gasteiger partial charge in [0.25, 0.3) is 0 Å². The van der Waals surface area contributed by atoms with E-state index in [-0.39, 0.29) is 56.8 Å². The maximum absolute atomic E-state index is 13.8. The summed E-state index contributed by atoms with van der Waals surface area (Å²) < 4.78 is 12.1. The van der Waals surface area contributed by atoms with E-state index >= 15 is 0 Å². The number of rotatable bonds is 9. The number of carbonyl (C=O) groups excluding carboxylic acids is 1. The Kier molecular flexibility index (Phi) is 30.0. The van der Waals surface area contributed by atoms with Crippen LogP contribution in [0, 0.1) is 41.4 Å². The van der Waals surface area contributed by atoms with E-state index in [1.54, 1.807) is 54.7 Å². The summed E-state index contributed by atoms with van der Waals surface area (Å²) in [6, 6.07) is 0. The van der Waals surface area contributed by atoms with E-state index in [4.69, 9.17) is 15.2 Å². The highest BCUT2D eigenvalue weighted by atomic mass is 16.7. The van der Waals surface area contributed by atoms with Crippen molar-refractivity contribution in [3.05, 3.63) is 35.5 Å². The third-order valence-corrected chi connectivity index (χ3v) is 15.8. The van der Waals surface area contributed by atoms with Crippen molar-refractivity contribution in [2.24, 2.45) is 52.2 Å². The number of allylic oxidation sites excluding steroid dienone is 3. The van der Waals surface area contributed by atoms with Crippen molar-refractivity contribution >= 4 is 11.9 Å².